The summed E-state index contributed by atoms with van der Waals surface area (Å²) >= 11 is 0. The van der Waals surface area contributed by atoms with Gasteiger partial charge in [-0.15, -0.1) is 0 Å². The molecule has 3 aliphatic rings. The number of amides is 3. The highest BCUT2D eigenvalue weighted by Gasteiger charge is 2.71. The Kier molecular flexibility index (Phi) is 4.25. The van der Waals surface area contributed by atoms with Crippen LogP contribution < -0.4 is 10.6 Å². The van der Waals surface area contributed by atoms with Crippen LogP contribution >= 0.6 is 0 Å². The summed E-state index contributed by atoms with van der Waals surface area (Å²) < 4.78 is 27.3. The minimum absolute atomic E-state index is 0.0921. The van der Waals surface area contributed by atoms with Crippen LogP contribution in [0.2, 0.25) is 0 Å². The van der Waals surface area contributed by atoms with Crippen LogP contribution in [0, 0.1) is 23.5 Å². The molecule has 1 spiro atoms. The van der Waals surface area contributed by atoms with Gasteiger partial charge < -0.3 is 10.4 Å². The number of rotatable bonds is 3. The van der Waals surface area contributed by atoms with Crippen molar-refractivity contribution in [3.63, 3.8) is 0 Å². The molecule has 0 aromatic heterocycles. The monoisotopic (exact) mass is 427 g/mol. The Hall–Kier alpha value is -3.17. The van der Waals surface area contributed by atoms with Crippen LogP contribution in [-0.2, 0) is 26.5 Å². The summed E-state index contributed by atoms with van der Waals surface area (Å²) in [5.74, 6) is -4.90. The van der Waals surface area contributed by atoms with E-state index < -0.39 is 58.9 Å². The van der Waals surface area contributed by atoms with Crippen LogP contribution in [0.5, 0.6) is 0 Å². The lowest BCUT2D eigenvalue weighted by Gasteiger charge is -2.30. The smallest absolute Gasteiger partial charge is 0.250 e. The fourth-order valence-electron chi connectivity index (χ4n) is 5.11. The van der Waals surface area contributed by atoms with Crippen molar-refractivity contribution < 1.29 is 28.3 Å². The van der Waals surface area contributed by atoms with Gasteiger partial charge in [0.15, 0.2) is 0 Å². The quantitative estimate of drug-likeness (QED) is 0.641. The lowest BCUT2D eigenvalue weighted by atomic mass is 9.76. The lowest BCUT2D eigenvalue weighted by Crippen LogP contribution is -2.54. The molecule has 31 heavy (non-hydrogen) atoms. The van der Waals surface area contributed by atoms with Crippen molar-refractivity contribution in [2.45, 2.75) is 31.2 Å². The first kappa shape index (κ1) is 19.8. The molecule has 2 aromatic rings. The molecule has 160 valence electrons. The highest BCUT2D eigenvalue weighted by atomic mass is 19.1. The predicted molar refractivity (Wildman–Crippen MR) is 104 cm³/mol. The number of fused-ring (bicyclic) bond motifs is 4. The molecule has 2 fully saturated rings. The van der Waals surface area contributed by atoms with Crippen molar-refractivity contribution in [2.75, 3.05) is 5.32 Å². The molecule has 0 aliphatic carbocycles. The van der Waals surface area contributed by atoms with Gasteiger partial charge in [-0.1, -0.05) is 12.1 Å². The molecular weight excluding hydrogens is 408 g/mol. The average molecular weight is 427 g/mol. The highest BCUT2D eigenvalue weighted by molar-refractivity contribution is 6.15. The van der Waals surface area contributed by atoms with E-state index in [1.54, 1.807) is 0 Å². The topological polar surface area (TPSA) is 98.7 Å². The summed E-state index contributed by atoms with van der Waals surface area (Å²) in [6.07, 6.45) is -1.06. The molecule has 0 radical (unpaired) electrons. The molecule has 0 saturated carbocycles. The molecule has 3 heterocycles. The number of halogens is 2. The maximum atomic E-state index is 14.1. The third-order valence-electron chi connectivity index (χ3n) is 6.48. The number of imide groups is 1. The van der Waals surface area contributed by atoms with E-state index in [4.69, 9.17) is 0 Å². The Morgan fingerprint density at radius 3 is 2.42 bits per heavy atom. The van der Waals surface area contributed by atoms with Gasteiger partial charge in [-0.2, -0.15) is 0 Å². The second-order valence-corrected chi connectivity index (χ2v) is 8.26. The van der Waals surface area contributed by atoms with E-state index in [1.165, 1.54) is 49.4 Å². The van der Waals surface area contributed by atoms with E-state index >= 15 is 0 Å². The van der Waals surface area contributed by atoms with Gasteiger partial charge in [-0.25, -0.2) is 8.78 Å². The van der Waals surface area contributed by atoms with Gasteiger partial charge >= 0.3 is 0 Å². The second kappa shape index (κ2) is 6.66. The minimum atomic E-state index is -1.67. The Labute approximate surface area is 176 Å². The van der Waals surface area contributed by atoms with Crippen LogP contribution in [-0.4, -0.2) is 39.9 Å². The molecule has 0 bridgehead atoms. The molecular formula is C22H19F2N3O4. The molecule has 5 rings (SSSR count). The molecule has 3 amide bonds. The normalized spacial score (nSPS) is 30.0. The molecule has 9 heteroatoms. The number of carbonyl (C=O) groups excluding carboxylic acids is 3. The first-order valence-corrected chi connectivity index (χ1v) is 9.91. The van der Waals surface area contributed by atoms with Gasteiger partial charge in [0.1, 0.15) is 17.2 Å². The predicted octanol–water partition coefficient (Wildman–Crippen LogP) is 1.27. The molecule has 2 aromatic carbocycles. The summed E-state index contributed by atoms with van der Waals surface area (Å²) in [7, 11) is 0. The van der Waals surface area contributed by atoms with Crippen LogP contribution in [0.25, 0.3) is 0 Å². The van der Waals surface area contributed by atoms with Crippen LogP contribution in [0.1, 0.15) is 18.1 Å². The van der Waals surface area contributed by atoms with Crippen molar-refractivity contribution in [2.24, 2.45) is 11.8 Å². The van der Waals surface area contributed by atoms with Gasteiger partial charge in [0.05, 0.1) is 24.5 Å². The molecule has 3 unspecified atom stereocenters. The van der Waals surface area contributed by atoms with Crippen molar-refractivity contribution in [3.05, 3.63) is 65.2 Å². The van der Waals surface area contributed by atoms with Crippen LogP contribution in [0.15, 0.2) is 42.5 Å². The van der Waals surface area contributed by atoms with Gasteiger partial charge in [0, 0.05) is 17.3 Å². The number of carbonyl (C=O) groups is 3. The summed E-state index contributed by atoms with van der Waals surface area (Å²) in [6.45, 7) is 1.37. The van der Waals surface area contributed by atoms with E-state index in [9.17, 15) is 28.3 Å². The lowest BCUT2D eigenvalue weighted by molar-refractivity contribution is -0.143. The van der Waals surface area contributed by atoms with Gasteiger partial charge in [0.2, 0.25) is 17.7 Å². The molecule has 2 saturated heterocycles. The minimum Gasteiger partial charge on any atom is -0.392 e. The zero-order chi connectivity index (χ0) is 22.1. The number of nitrogens with zero attached hydrogens (tertiary/aromatic N) is 1. The van der Waals surface area contributed by atoms with Crippen LogP contribution in [0.4, 0.5) is 14.5 Å². The SMILES string of the molecule is CC(O)C1NC2(C(=O)Nc3ccc(F)cc32)[C@H]2C(=O)N(Cc3ccc(F)cc3)C(=O)[C@@H]12. The summed E-state index contributed by atoms with van der Waals surface area (Å²) in [5, 5.41) is 16.0. The fourth-order valence-corrected chi connectivity index (χ4v) is 5.11. The third kappa shape index (κ3) is 2.66. The number of aliphatic hydroxyl groups is 1. The van der Waals surface area contributed by atoms with Crippen molar-refractivity contribution in [3.8, 4) is 0 Å². The zero-order valence-corrected chi connectivity index (χ0v) is 16.4. The number of anilines is 1. The molecule has 3 N–H and O–H groups in total. The largest absolute Gasteiger partial charge is 0.392 e. The average Bonchev–Trinajstić information content (AvgIpc) is 3.31. The van der Waals surface area contributed by atoms with E-state index in [0.29, 0.717) is 11.3 Å². The van der Waals surface area contributed by atoms with Gasteiger partial charge in [-0.05, 0) is 42.8 Å². The third-order valence-corrected chi connectivity index (χ3v) is 6.48. The van der Waals surface area contributed by atoms with Crippen molar-refractivity contribution in [1.82, 2.24) is 10.2 Å². The Bertz CT molecular complexity index is 1120. The van der Waals surface area contributed by atoms with E-state index in [2.05, 4.69) is 10.6 Å². The number of aliphatic hydroxyl groups excluding tert-OH is 1. The Balaban J connectivity index is 1.61. The fraction of sp³-hybridized carbons (Fsp3) is 0.318. The zero-order valence-electron chi connectivity index (χ0n) is 16.4. The first-order valence-electron chi connectivity index (χ1n) is 9.91. The van der Waals surface area contributed by atoms with E-state index in [-0.39, 0.29) is 12.1 Å². The van der Waals surface area contributed by atoms with Gasteiger partial charge in [0.25, 0.3) is 0 Å². The maximum Gasteiger partial charge on any atom is 0.250 e. The number of hydrogen-bond acceptors (Lipinski definition) is 5. The molecule has 7 nitrogen and oxygen atoms in total. The summed E-state index contributed by atoms with van der Waals surface area (Å²) in [4.78, 5) is 40.9. The summed E-state index contributed by atoms with van der Waals surface area (Å²) in [6, 6.07) is 8.27. The number of benzene rings is 2. The maximum absolute atomic E-state index is 14.1. The Morgan fingerprint density at radius 1 is 1.06 bits per heavy atom. The van der Waals surface area contributed by atoms with Gasteiger partial charge in [-0.3, -0.25) is 24.6 Å². The van der Waals surface area contributed by atoms with Crippen LogP contribution in [0.3, 0.4) is 0 Å². The number of hydrogen-bond donors (Lipinski definition) is 3. The molecule has 3 aliphatic heterocycles. The Morgan fingerprint density at radius 2 is 1.74 bits per heavy atom. The van der Waals surface area contributed by atoms with E-state index in [1.807, 2.05) is 0 Å². The summed E-state index contributed by atoms with van der Waals surface area (Å²) in [5.41, 5.74) is -0.545. The number of nitrogens with one attached hydrogen (secondary N) is 2. The standard InChI is InChI=1S/C22H19F2N3O4/c1-10(28)18-16-17(20(30)27(19(16)29)9-11-2-4-12(23)5-3-11)22(26-18)14-8-13(24)6-7-15(14)25-21(22)31/h2-8,10,16-18,26,28H,9H2,1H3,(H,25,31)/t10?,16-,17-,18?,22?/m1/s1. The molecule has 5 atom stereocenters. The number of likely N-dealkylation sites (tertiary alicyclic amines) is 1. The first-order chi connectivity index (χ1) is 14.7. The van der Waals surface area contributed by atoms with E-state index in [0.717, 1.165) is 4.90 Å². The second-order valence-electron chi connectivity index (χ2n) is 8.26. The highest BCUT2D eigenvalue weighted by Crippen LogP contribution is 2.53. The van der Waals surface area contributed by atoms with Crippen molar-refractivity contribution >= 4 is 23.4 Å². The van der Waals surface area contributed by atoms with Crippen molar-refractivity contribution in [1.29, 1.82) is 0 Å².